The minimum absolute atomic E-state index is 0. The van der Waals surface area contributed by atoms with E-state index in [1.54, 1.807) is 40.7 Å². The molecule has 25 heavy (non-hydrogen) atoms. The van der Waals surface area contributed by atoms with Crippen LogP contribution in [0.1, 0.15) is 10.4 Å². The number of guanidine groups is 1. The molecule has 0 atom stereocenters. The molecule has 132 valence electrons. The number of nitrogens with two attached hydrogens (primary N) is 1. The highest BCUT2D eigenvalue weighted by Gasteiger charge is 2.05. The Kier molecular flexibility index (Phi) is 7.38. The van der Waals surface area contributed by atoms with Crippen LogP contribution in [0.3, 0.4) is 0 Å². The van der Waals surface area contributed by atoms with Crippen LogP contribution in [0, 0.1) is 5.82 Å². The minimum Gasteiger partial charge on any atom is -0.370 e. The van der Waals surface area contributed by atoms with Crippen LogP contribution >= 0.6 is 35.3 Å². The molecule has 3 rings (SSSR count). The number of nitrogens with one attached hydrogen (secondary N) is 1. The Balaban J connectivity index is 0.00000225. The smallest absolute Gasteiger partial charge is 0.188 e. The third kappa shape index (κ3) is 5.53. The standard InChI is InChI=1S/C17H18FN5S.HI/c18-15-10-13(3-4-16(15)23-8-7-20-12-23)11-22-17(19)21-6-5-14-2-1-9-24-14;/h1-4,7-10,12H,5-6,11H2,(H3,19,21,22);1H. The van der Waals surface area contributed by atoms with E-state index in [1.807, 2.05) is 12.1 Å². The largest absolute Gasteiger partial charge is 0.370 e. The van der Waals surface area contributed by atoms with Crippen molar-refractivity contribution < 1.29 is 4.39 Å². The van der Waals surface area contributed by atoms with Gasteiger partial charge >= 0.3 is 0 Å². The zero-order valence-electron chi connectivity index (χ0n) is 13.4. The molecule has 8 heteroatoms. The molecule has 3 aromatic rings. The molecule has 5 nitrogen and oxygen atoms in total. The molecule has 0 amide bonds. The monoisotopic (exact) mass is 471 g/mol. The number of imidazole rings is 1. The normalized spacial score (nSPS) is 11.2. The van der Waals surface area contributed by atoms with Crippen LogP contribution in [0.15, 0.2) is 59.4 Å². The first-order chi connectivity index (χ1) is 11.7. The molecule has 1 aromatic carbocycles. The molecular weight excluding hydrogens is 452 g/mol. The number of rotatable bonds is 6. The SMILES string of the molecule is I.NC(=NCc1ccc(-n2ccnc2)c(F)c1)NCCc1cccs1. The predicted molar refractivity (Wildman–Crippen MR) is 110 cm³/mol. The molecular formula is C17H19FIN5S. The Labute approximate surface area is 166 Å². The predicted octanol–water partition coefficient (Wildman–Crippen LogP) is 3.34. The Morgan fingerprint density at radius 1 is 1.36 bits per heavy atom. The van der Waals surface area contributed by atoms with Crippen LogP contribution in [0.25, 0.3) is 5.69 Å². The number of hydrogen-bond acceptors (Lipinski definition) is 3. The highest BCUT2D eigenvalue weighted by atomic mass is 127. The molecule has 3 N–H and O–H groups in total. The maximum absolute atomic E-state index is 14.2. The first kappa shape index (κ1) is 19.4. The molecule has 0 bridgehead atoms. The lowest BCUT2D eigenvalue weighted by Crippen LogP contribution is -2.33. The second kappa shape index (κ2) is 9.52. The maximum Gasteiger partial charge on any atom is 0.188 e. The zero-order chi connectivity index (χ0) is 16.8. The highest BCUT2D eigenvalue weighted by Crippen LogP contribution is 2.15. The van der Waals surface area contributed by atoms with Crippen molar-refractivity contribution in [1.29, 1.82) is 0 Å². The molecule has 2 aromatic heterocycles. The minimum atomic E-state index is -0.315. The van der Waals surface area contributed by atoms with E-state index in [0.29, 0.717) is 18.2 Å². The van der Waals surface area contributed by atoms with Crippen molar-refractivity contribution in [1.82, 2.24) is 14.9 Å². The number of aliphatic imine (C=N–C) groups is 1. The number of nitrogens with zero attached hydrogens (tertiary/aromatic N) is 3. The number of aromatic nitrogens is 2. The molecule has 0 aliphatic rings. The van der Waals surface area contributed by atoms with Crippen molar-refractivity contribution in [2.45, 2.75) is 13.0 Å². The Morgan fingerprint density at radius 3 is 2.92 bits per heavy atom. The van der Waals surface area contributed by atoms with Crippen molar-refractivity contribution in [3.05, 3.63) is 70.7 Å². The quantitative estimate of drug-likeness (QED) is 0.329. The van der Waals surface area contributed by atoms with Crippen LogP contribution in [-0.4, -0.2) is 22.1 Å². The Hall–Kier alpha value is -1.94. The van der Waals surface area contributed by atoms with Gasteiger partial charge in [-0.05, 0) is 35.6 Å². The summed E-state index contributed by atoms with van der Waals surface area (Å²) in [5, 5.41) is 5.12. The van der Waals surface area contributed by atoms with Gasteiger partial charge in [0.15, 0.2) is 5.96 Å². The van der Waals surface area contributed by atoms with E-state index >= 15 is 0 Å². The lowest BCUT2D eigenvalue weighted by Gasteiger charge is -2.07. The fourth-order valence-corrected chi connectivity index (χ4v) is 2.97. The van der Waals surface area contributed by atoms with Crippen LogP contribution in [0.4, 0.5) is 4.39 Å². The first-order valence-corrected chi connectivity index (χ1v) is 8.43. The van der Waals surface area contributed by atoms with Gasteiger partial charge in [0.05, 0.1) is 18.6 Å². The maximum atomic E-state index is 14.2. The molecule has 0 radical (unpaired) electrons. The second-order valence-corrected chi connectivity index (χ2v) is 6.25. The van der Waals surface area contributed by atoms with Crippen molar-refractivity contribution in [3.63, 3.8) is 0 Å². The van der Waals surface area contributed by atoms with E-state index in [-0.39, 0.29) is 29.8 Å². The van der Waals surface area contributed by atoms with E-state index in [0.717, 1.165) is 18.5 Å². The summed E-state index contributed by atoms with van der Waals surface area (Å²) >= 11 is 1.72. The van der Waals surface area contributed by atoms with Crippen LogP contribution < -0.4 is 11.1 Å². The average Bonchev–Trinajstić information content (AvgIpc) is 3.26. The molecule has 0 spiro atoms. The second-order valence-electron chi connectivity index (χ2n) is 5.21. The van der Waals surface area contributed by atoms with Gasteiger partial charge in [-0.2, -0.15) is 0 Å². The summed E-state index contributed by atoms with van der Waals surface area (Å²) in [4.78, 5) is 9.47. The van der Waals surface area contributed by atoms with E-state index < -0.39 is 0 Å². The molecule has 0 unspecified atom stereocenters. The molecule has 0 saturated carbocycles. The van der Waals surface area contributed by atoms with E-state index in [2.05, 4.69) is 26.7 Å². The number of hydrogen-bond donors (Lipinski definition) is 2. The van der Waals surface area contributed by atoms with Gasteiger partial charge in [0.1, 0.15) is 5.82 Å². The third-order valence-electron chi connectivity index (χ3n) is 3.48. The van der Waals surface area contributed by atoms with Gasteiger partial charge in [-0.15, -0.1) is 35.3 Å². The average molecular weight is 471 g/mol. The molecule has 0 saturated heterocycles. The summed E-state index contributed by atoms with van der Waals surface area (Å²) < 4.78 is 15.8. The van der Waals surface area contributed by atoms with Crippen LogP contribution in [0.2, 0.25) is 0 Å². The van der Waals surface area contributed by atoms with Gasteiger partial charge in [-0.25, -0.2) is 14.4 Å². The van der Waals surface area contributed by atoms with Gasteiger partial charge in [0.25, 0.3) is 0 Å². The van der Waals surface area contributed by atoms with Crippen molar-refractivity contribution >= 4 is 41.3 Å². The topological polar surface area (TPSA) is 68.2 Å². The lowest BCUT2D eigenvalue weighted by molar-refractivity contribution is 0.615. The molecule has 0 aliphatic heterocycles. The van der Waals surface area contributed by atoms with Gasteiger partial charge in [-0.3, -0.25) is 0 Å². The van der Waals surface area contributed by atoms with E-state index in [1.165, 1.54) is 10.9 Å². The molecule has 2 heterocycles. The third-order valence-corrected chi connectivity index (χ3v) is 4.42. The van der Waals surface area contributed by atoms with Crippen LogP contribution in [-0.2, 0) is 13.0 Å². The van der Waals surface area contributed by atoms with E-state index in [4.69, 9.17) is 5.73 Å². The Bertz CT molecular complexity index is 803. The summed E-state index contributed by atoms with van der Waals surface area (Å²) in [7, 11) is 0. The first-order valence-electron chi connectivity index (χ1n) is 7.55. The van der Waals surface area contributed by atoms with Gasteiger partial charge in [0, 0.05) is 23.8 Å². The summed E-state index contributed by atoms with van der Waals surface area (Å²) in [5.74, 6) is 0.0515. The molecule has 0 aliphatic carbocycles. The van der Waals surface area contributed by atoms with E-state index in [9.17, 15) is 4.39 Å². The van der Waals surface area contributed by atoms with Gasteiger partial charge < -0.3 is 15.6 Å². The van der Waals surface area contributed by atoms with Gasteiger partial charge in [-0.1, -0.05) is 12.1 Å². The van der Waals surface area contributed by atoms with Gasteiger partial charge in [0.2, 0.25) is 0 Å². The van der Waals surface area contributed by atoms with Crippen LogP contribution in [0.5, 0.6) is 0 Å². The fraction of sp³-hybridized carbons (Fsp3) is 0.176. The summed E-state index contributed by atoms with van der Waals surface area (Å²) in [6.45, 7) is 1.06. The summed E-state index contributed by atoms with van der Waals surface area (Å²) in [6, 6.07) is 9.13. The lowest BCUT2D eigenvalue weighted by atomic mass is 10.2. The Morgan fingerprint density at radius 2 is 2.24 bits per heavy atom. The molecule has 0 fully saturated rings. The number of halogens is 2. The highest BCUT2D eigenvalue weighted by molar-refractivity contribution is 14.0. The fourth-order valence-electron chi connectivity index (χ4n) is 2.26. The number of benzene rings is 1. The van der Waals surface area contributed by atoms with Crippen molar-refractivity contribution in [2.24, 2.45) is 10.7 Å². The van der Waals surface area contributed by atoms with Crippen molar-refractivity contribution in [3.8, 4) is 5.69 Å². The summed E-state index contributed by atoms with van der Waals surface area (Å²) in [6.07, 6.45) is 5.78. The number of thiophene rings is 1. The van der Waals surface area contributed by atoms with Crippen molar-refractivity contribution in [2.75, 3.05) is 6.54 Å². The summed E-state index contributed by atoms with van der Waals surface area (Å²) in [5.41, 5.74) is 7.07. The zero-order valence-corrected chi connectivity index (χ0v) is 16.6.